The number of nitrogens with one attached hydrogen (secondary N) is 1. The molecule has 0 bridgehead atoms. The molecule has 0 spiro atoms. The van der Waals surface area contributed by atoms with Gasteiger partial charge in [0.25, 0.3) is 0 Å². The van der Waals surface area contributed by atoms with E-state index in [1.54, 1.807) is 12.1 Å². The summed E-state index contributed by atoms with van der Waals surface area (Å²) in [4.78, 5) is 0. The summed E-state index contributed by atoms with van der Waals surface area (Å²) in [5.41, 5.74) is 8.81. The van der Waals surface area contributed by atoms with Gasteiger partial charge in [0, 0.05) is 42.0 Å². The van der Waals surface area contributed by atoms with Gasteiger partial charge < -0.3 is 15.2 Å². The molecule has 0 radical (unpaired) electrons. The molecule has 2 aromatic carbocycles. The molecule has 1 atom stereocenters. The van der Waals surface area contributed by atoms with Gasteiger partial charge >= 0.3 is 0 Å². The van der Waals surface area contributed by atoms with Crippen LogP contribution in [-0.2, 0) is 4.74 Å². The molecular formula is C32H38FNO2. The fourth-order valence-electron chi connectivity index (χ4n) is 5.61. The third kappa shape index (κ3) is 4.72. The van der Waals surface area contributed by atoms with Crippen molar-refractivity contribution in [1.82, 2.24) is 0 Å². The standard InChI is InChI=1S/C32H38FNO2/c1-6-9-22(10-7-2)25-12-11-23(19-30(25)33)27-17-24(21(4)5)18-28-26-13-16-36-32(8-3,14-15-35)29(26)20-34-31(27)28/h6-7,9-12,17-19,21,34-35H,1,8,13-16,20H2,2-5H3/b10-7-,22-9+. The highest BCUT2D eigenvalue weighted by molar-refractivity contribution is 5.93. The first kappa shape index (κ1) is 26.1. The first-order chi connectivity index (χ1) is 17.4. The molecule has 3 nitrogen and oxygen atoms in total. The highest BCUT2D eigenvalue weighted by atomic mass is 19.1. The minimum absolute atomic E-state index is 0.0931. The fraction of sp³-hybridized carbons (Fsp3) is 0.375. The number of aliphatic hydroxyl groups is 1. The van der Waals surface area contributed by atoms with Crippen molar-refractivity contribution < 1.29 is 14.2 Å². The van der Waals surface area contributed by atoms with Gasteiger partial charge in [0.2, 0.25) is 0 Å². The van der Waals surface area contributed by atoms with Crippen molar-refractivity contribution in [1.29, 1.82) is 0 Å². The van der Waals surface area contributed by atoms with E-state index in [4.69, 9.17) is 4.74 Å². The summed E-state index contributed by atoms with van der Waals surface area (Å²) in [6, 6.07) is 10.0. The molecule has 0 amide bonds. The Morgan fingerprint density at radius 1 is 1.25 bits per heavy atom. The van der Waals surface area contributed by atoms with Gasteiger partial charge in [-0.1, -0.05) is 63.8 Å². The third-order valence-electron chi connectivity index (χ3n) is 7.56. The van der Waals surface area contributed by atoms with Crippen molar-refractivity contribution in [2.75, 3.05) is 25.1 Å². The molecule has 4 rings (SSSR count). The highest BCUT2D eigenvalue weighted by Crippen LogP contribution is 2.48. The first-order valence-electron chi connectivity index (χ1n) is 13.0. The van der Waals surface area contributed by atoms with E-state index in [2.05, 4.69) is 44.8 Å². The first-order valence-corrected chi connectivity index (χ1v) is 13.0. The van der Waals surface area contributed by atoms with Crippen LogP contribution in [0.25, 0.3) is 22.3 Å². The Labute approximate surface area is 215 Å². The maximum absolute atomic E-state index is 15.4. The van der Waals surface area contributed by atoms with Gasteiger partial charge in [0.1, 0.15) is 5.82 Å². The summed E-state index contributed by atoms with van der Waals surface area (Å²) in [7, 11) is 0. The maximum atomic E-state index is 15.4. The van der Waals surface area contributed by atoms with E-state index >= 15 is 4.39 Å². The lowest BCUT2D eigenvalue weighted by atomic mass is 9.76. The maximum Gasteiger partial charge on any atom is 0.131 e. The summed E-state index contributed by atoms with van der Waals surface area (Å²) in [5, 5.41) is 13.5. The lowest BCUT2D eigenvalue weighted by Crippen LogP contribution is -2.43. The van der Waals surface area contributed by atoms with Crippen molar-refractivity contribution in [2.45, 2.75) is 58.5 Å². The summed E-state index contributed by atoms with van der Waals surface area (Å²) in [6.07, 6.45) is 9.56. The molecule has 2 heterocycles. The SMILES string of the molecule is C=C/C=C(\C=C/C)c1ccc(-c2cc(C(C)C)cc3c2NCC2=C3CCOC2(CC)CCO)cc1F. The minimum atomic E-state index is -0.435. The number of halogens is 1. The van der Waals surface area contributed by atoms with Crippen LogP contribution in [-0.4, -0.2) is 30.5 Å². The molecule has 0 saturated heterocycles. The van der Waals surface area contributed by atoms with Crippen LogP contribution in [0, 0.1) is 5.82 Å². The number of allylic oxidation sites excluding steroid dienone is 5. The van der Waals surface area contributed by atoms with Crippen LogP contribution in [0.1, 0.15) is 69.6 Å². The predicted molar refractivity (Wildman–Crippen MR) is 150 cm³/mol. The molecule has 2 aliphatic heterocycles. The van der Waals surface area contributed by atoms with Crippen LogP contribution >= 0.6 is 0 Å². The molecule has 0 aromatic heterocycles. The molecule has 4 heteroatoms. The van der Waals surface area contributed by atoms with Crippen molar-refractivity contribution >= 4 is 16.8 Å². The second-order valence-corrected chi connectivity index (χ2v) is 9.93. The van der Waals surface area contributed by atoms with E-state index in [0.29, 0.717) is 31.1 Å². The van der Waals surface area contributed by atoms with Crippen LogP contribution in [0.4, 0.5) is 10.1 Å². The smallest absolute Gasteiger partial charge is 0.131 e. The van der Waals surface area contributed by atoms with Gasteiger partial charge in [-0.05, 0) is 71.7 Å². The molecule has 2 N–H and O–H groups in total. The van der Waals surface area contributed by atoms with Crippen molar-refractivity contribution in [3.05, 3.63) is 89.3 Å². The Kier molecular flexibility index (Phi) is 7.97. The zero-order valence-electron chi connectivity index (χ0n) is 22.0. The summed E-state index contributed by atoms with van der Waals surface area (Å²) >= 11 is 0. The molecule has 36 heavy (non-hydrogen) atoms. The van der Waals surface area contributed by atoms with Gasteiger partial charge in [0.05, 0.1) is 12.2 Å². The predicted octanol–water partition coefficient (Wildman–Crippen LogP) is 7.89. The number of fused-ring (bicyclic) bond motifs is 2. The average molecular weight is 488 g/mol. The number of aliphatic hydroxyl groups excluding tert-OH is 1. The monoisotopic (exact) mass is 487 g/mol. The lowest BCUT2D eigenvalue weighted by Gasteiger charge is -2.43. The molecule has 0 fully saturated rings. The van der Waals surface area contributed by atoms with E-state index in [1.807, 2.05) is 37.3 Å². The van der Waals surface area contributed by atoms with Gasteiger partial charge in [-0.25, -0.2) is 4.39 Å². The Bertz CT molecular complexity index is 1240. The molecular weight excluding hydrogens is 449 g/mol. The normalized spacial score (nSPS) is 19.9. The molecule has 2 aliphatic rings. The van der Waals surface area contributed by atoms with Crippen LogP contribution in [0.2, 0.25) is 0 Å². The number of hydrogen-bond donors (Lipinski definition) is 2. The second kappa shape index (κ2) is 11.0. The van der Waals surface area contributed by atoms with Gasteiger partial charge in [-0.15, -0.1) is 0 Å². The van der Waals surface area contributed by atoms with E-state index in [-0.39, 0.29) is 12.4 Å². The fourth-order valence-corrected chi connectivity index (χ4v) is 5.61. The van der Waals surface area contributed by atoms with E-state index in [1.165, 1.54) is 22.3 Å². The molecule has 1 unspecified atom stereocenters. The lowest BCUT2D eigenvalue weighted by molar-refractivity contribution is -0.0398. The van der Waals surface area contributed by atoms with Crippen LogP contribution in [0.3, 0.4) is 0 Å². The van der Waals surface area contributed by atoms with Gasteiger partial charge in [-0.2, -0.15) is 0 Å². The van der Waals surface area contributed by atoms with Crippen LogP contribution in [0.5, 0.6) is 0 Å². The van der Waals surface area contributed by atoms with Crippen LogP contribution in [0.15, 0.2) is 66.8 Å². The van der Waals surface area contributed by atoms with Crippen molar-refractivity contribution in [3.8, 4) is 11.1 Å². The summed E-state index contributed by atoms with van der Waals surface area (Å²) < 4.78 is 21.7. The number of ether oxygens (including phenoxy) is 1. The van der Waals surface area contributed by atoms with Gasteiger partial charge in [-0.3, -0.25) is 0 Å². The van der Waals surface area contributed by atoms with Gasteiger partial charge in [0.15, 0.2) is 0 Å². The summed E-state index contributed by atoms with van der Waals surface area (Å²) in [5.74, 6) is 0.0753. The molecule has 190 valence electrons. The Morgan fingerprint density at radius 3 is 2.67 bits per heavy atom. The Morgan fingerprint density at radius 2 is 2.03 bits per heavy atom. The number of hydrogen-bond acceptors (Lipinski definition) is 3. The second-order valence-electron chi connectivity index (χ2n) is 9.93. The minimum Gasteiger partial charge on any atom is -0.396 e. The number of anilines is 1. The number of rotatable bonds is 8. The Hall–Kier alpha value is -2.95. The van der Waals surface area contributed by atoms with Crippen molar-refractivity contribution in [3.63, 3.8) is 0 Å². The molecule has 0 saturated carbocycles. The van der Waals surface area contributed by atoms with E-state index in [9.17, 15) is 5.11 Å². The Balaban J connectivity index is 1.89. The topological polar surface area (TPSA) is 41.5 Å². The highest BCUT2D eigenvalue weighted by Gasteiger charge is 2.40. The largest absolute Gasteiger partial charge is 0.396 e. The molecule has 0 aliphatic carbocycles. The number of benzene rings is 2. The van der Waals surface area contributed by atoms with Crippen LogP contribution < -0.4 is 5.32 Å². The average Bonchev–Trinajstić information content (AvgIpc) is 2.88. The van der Waals surface area contributed by atoms with E-state index < -0.39 is 5.60 Å². The van der Waals surface area contributed by atoms with E-state index in [0.717, 1.165) is 35.2 Å². The quantitative estimate of drug-likeness (QED) is 0.372. The zero-order valence-corrected chi connectivity index (χ0v) is 22.0. The molecule has 2 aromatic rings. The van der Waals surface area contributed by atoms with Crippen molar-refractivity contribution in [2.24, 2.45) is 0 Å². The summed E-state index contributed by atoms with van der Waals surface area (Å²) in [6.45, 7) is 13.6. The third-order valence-corrected chi connectivity index (χ3v) is 7.56. The zero-order chi connectivity index (χ0) is 25.9.